The van der Waals surface area contributed by atoms with Crippen LogP contribution in [-0.2, 0) is 4.79 Å². The van der Waals surface area contributed by atoms with Crippen molar-refractivity contribution in [3.05, 3.63) is 95.6 Å². The van der Waals surface area contributed by atoms with E-state index in [1.165, 1.54) is 11.1 Å². The molecule has 0 saturated carbocycles. The van der Waals surface area contributed by atoms with Crippen molar-refractivity contribution >= 4 is 11.6 Å². The van der Waals surface area contributed by atoms with Gasteiger partial charge in [-0.05, 0) is 43.5 Å². The molecule has 3 aromatic carbocycles. The Labute approximate surface area is 179 Å². The summed E-state index contributed by atoms with van der Waals surface area (Å²) in [5, 5.41) is 6.63. The molecule has 0 spiro atoms. The Hall–Kier alpha value is -3.11. The van der Waals surface area contributed by atoms with Gasteiger partial charge in [-0.2, -0.15) is 0 Å². The molecule has 3 rings (SSSR count). The molecule has 1 amide bonds. The molecule has 0 unspecified atom stereocenters. The molecule has 0 saturated heterocycles. The highest BCUT2D eigenvalue weighted by atomic mass is 16.5. The van der Waals surface area contributed by atoms with Gasteiger partial charge < -0.3 is 10.1 Å². The minimum atomic E-state index is -0.493. The largest absolute Gasteiger partial charge is 0.492 e. The highest BCUT2D eigenvalue weighted by Crippen LogP contribution is 2.27. The molecule has 4 heteroatoms. The quantitative estimate of drug-likeness (QED) is 0.474. The van der Waals surface area contributed by atoms with Crippen molar-refractivity contribution in [3.63, 3.8) is 0 Å². The van der Waals surface area contributed by atoms with Gasteiger partial charge in [0.25, 0.3) is 0 Å². The number of benzene rings is 3. The summed E-state index contributed by atoms with van der Waals surface area (Å²) in [6, 6.07) is 25.4. The van der Waals surface area contributed by atoms with Crippen molar-refractivity contribution in [2.24, 2.45) is 0 Å². The van der Waals surface area contributed by atoms with Crippen LogP contribution in [-0.4, -0.2) is 12.5 Å². The van der Waals surface area contributed by atoms with Crippen LogP contribution in [0.1, 0.15) is 49.0 Å². The van der Waals surface area contributed by atoms with Gasteiger partial charge in [0.15, 0.2) is 0 Å². The summed E-state index contributed by atoms with van der Waals surface area (Å²) in [5.74, 6) is 0.560. The average molecular weight is 403 g/mol. The number of carbonyl (C=O) groups excluding carboxylic acids is 1. The molecule has 2 N–H and O–H groups in total. The number of anilines is 1. The summed E-state index contributed by atoms with van der Waals surface area (Å²) >= 11 is 0. The fourth-order valence-corrected chi connectivity index (χ4v) is 3.47. The van der Waals surface area contributed by atoms with Gasteiger partial charge in [0.05, 0.1) is 12.3 Å². The first-order chi connectivity index (χ1) is 14.6. The zero-order chi connectivity index (χ0) is 21.3. The van der Waals surface area contributed by atoms with E-state index in [-0.39, 0.29) is 11.9 Å². The van der Waals surface area contributed by atoms with Gasteiger partial charge in [0.2, 0.25) is 5.91 Å². The first-order valence-corrected chi connectivity index (χ1v) is 10.5. The molecule has 0 radical (unpaired) electrons. The van der Waals surface area contributed by atoms with Crippen molar-refractivity contribution in [3.8, 4) is 5.75 Å². The van der Waals surface area contributed by atoms with Crippen LogP contribution in [0.2, 0.25) is 0 Å². The van der Waals surface area contributed by atoms with Gasteiger partial charge >= 0.3 is 0 Å². The topological polar surface area (TPSA) is 50.4 Å². The SMILES string of the molecule is CCOc1ccccc1NC(=O)[C@H](N[C@@H](CC)c1ccc(C)cc1)c1ccccc1. The van der Waals surface area contributed by atoms with E-state index >= 15 is 0 Å². The van der Waals surface area contributed by atoms with Crippen molar-refractivity contribution in [1.82, 2.24) is 5.32 Å². The second-order valence-corrected chi connectivity index (χ2v) is 7.30. The number of amides is 1. The molecule has 0 aliphatic carbocycles. The van der Waals surface area contributed by atoms with Crippen LogP contribution in [0.25, 0.3) is 0 Å². The van der Waals surface area contributed by atoms with E-state index in [9.17, 15) is 4.79 Å². The van der Waals surface area contributed by atoms with Gasteiger partial charge in [-0.25, -0.2) is 0 Å². The van der Waals surface area contributed by atoms with Gasteiger partial charge in [0.1, 0.15) is 11.8 Å². The molecular formula is C26H30N2O2. The van der Waals surface area contributed by atoms with E-state index in [4.69, 9.17) is 4.74 Å². The van der Waals surface area contributed by atoms with Crippen LogP contribution in [0.3, 0.4) is 0 Å². The fraction of sp³-hybridized carbons (Fsp3) is 0.269. The maximum atomic E-state index is 13.4. The number of para-hydroxylation sites is 2. The number of nitrogens with one attached hydrogen (secondary N) is 2. The van der Waals surface area contributed by atoms with E-state index in [1.807, 2.05) is 61.5 Å². The Kier molecular flexibility index (Phi) is 7.63. The molecule has 0 heterocycles. The maximum absolute atomic E-state index is 13.4. The molecule has 0 aromatic heterocycles. The summed E-state index contributed by atoms with van der Waals surface area (Å²) in [5.41, 5.74) is 4.00. The Balaban J connectivity index is 1.87. The molecular weight excluding hydrogens is 372 g/mol. The second-order valence-electron chi connectivity index (χ2n) is 7.30. The molecule has 30 heavy (non-hydrogen) atoms. The van der Waals surface area contributed by atoms with E-state index in [2.05, 4.69) is 48.7 Å². The van der Waals surface area contributed by atoms with E-state index in [0.717, 1.165) is 12.0 Å². The minimum absolute atomic E-state index is 0.0590. The van der Waals surface area contributed by atoms with Crippen LogP contribution in [0.5, 0.6) is 5.75 Å². The number of rotatable bonds is 9. The monoisotopic (exact) mass is 402 g/mol. The van der Waals surface area contributed by atoms with Gasteiger partial charge in [-0.3, -0.25) is 10.1 Å². The maximum Gasteiger partial charge on any atom is 0.246 e. The zero-order valence-electron chi connectivity index (χ0n) is 17.9. The second kappa shape index (κ2) is 10.6. The standard InChI is InChI=1S/C26H30N2O2/c1-4-22(20-17-15-19(3)16-18-20)27-25(21-11-7-6-8-12-21)26(29)28-23-13-9-10-14-24(23)30-5-2/h6-18,22,25,27H,4-5H2,1-3H3,(H,28,29)/t22-,25+/m0/s1. The summed E-state index contributed by atoms with van der Waals surface area (Å²) in [7, 11) is 0. The summed E-state index contributed by atoms with van der Waals surface area (Å²) in [6.45, 7) is 6.68. The number of carbonyl (C=O) groups is 1. The Morgan fingerprint density at radius 1 is 0.867 bits per heavy atom. The third-order valence-electron chi connectivity index (χ3n) is 5.10. The highest BCUT2D eigenvalue weighted by molar-refractivity contribution is 5.96. The van der Waals surface area contributed by atoms with Crippen LogP contribution < -0.4 is 15.4 Å². The predicted molar refractivity (Wildman–Crippen MR) is 123 cm³/mol. The first kappa shape index (κ1) is 21.6. The fourth-order valence-electron chi connectivity index (χ4n) is 3.47. The van der Waals surface area contributed by atoms with Crippen molar-refractivity contribution < 1.29 is 9.53 Å². The van der Waals surface area contributed by atoms with Crippen molar-refractivity contribution in [2.75, 3.05) is 11.9 Å². The number of ether oxygens (including phenoxy) is 1. The van der Waals surface area contributed by atoms with Gasteiger partial charge in [0, 0.05) is 6.04 Å². The molecule has 156 valence electrons. The third-order valence-corrected chi connectivity index (χ3v) is 5.10. The van der Waals surface area contributed by atoms with Crippen LogP contribution in [0.4, 0.5) is 5.69 Å². The third kappa shape index (κ3) is 5.49. The van der Waals surface area contributed by atoms with Crippen LogP contribution in [0.15, 0.2) is 78.9 Å². The smallest absolute Gasteiger partial charge is 0.246 e. The average Bonchev–Trinajstić information content (AvgIpc) is 2.77. The zero-order valence-corrected chi connectivity index (χ0v) is 17.9. The Morgan fingerprint density at radius 2 is 1.53 bits per heavy atom. The van der Waals surface area contributed by atoms with Crippen molar-refractivity contribution in [2.45, 2.75) is 39.3 Å². The summed E-state index contributed by atoms with van der Waals surface area (Å²) in [6.07, 6.45) is 0.870. The molecule has 0 aliphatic heterocycles. The molecule has 0 bridgehead atoms. The summed E-state index contributed by atoms with van der Waals surface area (Å²) in [4.78, 5) is 13.4. The van der Waals surface area contributed by atoms with Crippen LogP contribution in [0, 0.1) is 6.92 Å². The Morgan fingerprint density at radius 3 is 2.20 bits per heavy atom. The molecule has 4 nitrogen and oxygen atoms in total. The number of hydrogen-bond acceptors (Lipinski definition) is 3. The molecule has 0 aliphatic rings. The van der Waals surface area contributed by atoms with Gasteiger partial charge in [-0.1, -0.05) is 79.2 Å². The summed E-state index contributed by atoms with van der Waals surface area (Å²) < 4.78 is 5.67. The van der Waals surface area contributed by atoms with Crippen molar-refractivity contribution in [1.29, 1.82) is 0 Å². The molecule has 3 aromatic rings. The lowest BCUT2D eigenvalue weighted by atomic mass is 9.99. The number of aryl methyl sites for hydroxylation is 1. The van der Waals surface area contributed by atoms with Gasteiger partial charge in [-0.15, -0.1) is 0 Å². The molecule has 0 fully saturated rings. The van der Waals surface area contributed by atoms with Crippen LogP contribution >= 0.6 is 0 Å². The minimum Gasteiger partial charge on any atom is -0.492 e. The normalized spacial score (nSPS) is 12.8. The lowest BCUT2D eigenvalue weighted by molar-refractivity contribution is -0.118. The Bertz CT molecular complexity index is 939. The lowest BCUT2D eigenvalue weighted by Crippen LogP contribution is -2.35. The lowest BCUT2D eigenvalue weighted by Gasteiger charge is -2.26. The van der Waals surface area contributed by atoms with E-state index in [0.29, 0.717) is 18.0 Å². The highest BCUT2D eigenvalue weighted by Gasteiger charge is 2.25. The first-order valence-electron chi connectivity index (χ1n) is 10.5. The van der Waals surface area contributed by atoms with E-state index < -0.39 is 6.04 Å². The number of hydrogen-bond donors (Lipinski definition) is 2. The predicted octanol–water partition coefficient (Wildman–Crippen LogP) is 5.81. The molecule has 2 atom stereocenters. The van der Waals surface area contributed by atoms with E-state index in [1.54, 1.807) is 0 Å².